The van der Waals surface area contributed by atoms with E-state index in [9.17, 15) is 27.6 Å². The topological polar surface area (TPSA) is 64.3 Å². The van der Waals surface area contributed by atoms with Crippen molar-refractivity contribution in [3.8, 4) is 0 Å². The third-order valence-corrected chi connectivity index (χ3v) is 7.79. The zero-order valence-electron chi connectivity index (χ0n) is 18.2. The molecular weight excluding hydrogens is 475 g/mol. The van der Waals surface area contributed by atoms with Crippen LogP contribution < -0.4 is 11.2 Å². The van der Waals surface area contributed by atoms with Crippen LogP contribution in [0, 0.1) is 0 Å². The molecule has 0 spiro atoms. The number of carbonyl (C=O) groups excluding carboxylic acids is 1. The number of nitrogens with zero attached hydrogens (tertiary/aromatic N) is 3. The molecule has 0 bridgehead atoms. The first kappa shape index (κ1) is 23.6. The van der Waals surface area contributed by atoms with Gasteiger partial charge in [0.05, 0.1) is 22.4 Å². The highest BCUT2D eigenvalue weighted by Crippen LogP contribution is 2.37. The number of aromatic nitrogens is 2. The molecule has 1 aliphatic heterocycles. The molecule has 6 nitrogen and oxygen atoms in total. The molecule has 4 rings (SSSR count). The minimum Gasteiger partial charge on any atom is -0.329 e. The monoisotopic (exact) mass is 497 g/mol. The Hall–Kier alpha value is -2.53. The van der Waals surface area contributed by atoms with Crippen molar-refractivity contribution in [1.82, 2.24) is 14.0 Å². The molecule has 1 amide bonds. The van der Waals surface area contributed by atoms with E-state index in [1.807, 2.05) is 0 Å². The summed E-state index contributed by atoms with van der Waals surface area (Å²) < 4.78 is 43.3. The van der Waals surface area contributed by atoms with Gasteiger partial charge in [-0.15, -0.1) is 23.1 Å². The third-order valence-electron chi connectivity index (χ3n) is 5.64. The largest absolute Gasteiger partial charge is 0.416 e. The highest BCUT2D eigenvalue weighted by Gasteiger charge is 2.35. The number of benzene rings is 1. The number of amides is 1. The van der Waals surface area contributed by atoms with Crippen molar-refractivity contribution in [2.75, 3.05) is 18.2 Å². The lowest BCUT2D eigenvalue weighted by Crippen LogP contribution is -2.39. The highest BCUT2D eigenvalue weighted by molar-refractivity contribution is 7.99. The number of hydrogen-bond acceptors (Lipinski definition) is 5. The van der Waals surface area contributed by atoms with E-state index in [1.54, 1.807) is 30.5 Å². The summed E-state index contributed by atoms with van der Waals surface area (Å²) in [6, 6.07) is 4.90. The second-order valence-electron chi connectivity index (χ2n) is 8.13. The van der Waals surface area contributed by atoms with Crippen LogP contribution in [0.5, 0.6) is 0 Å². The van der Waals surface area contributed by atoms with Gasteiger partial charge in [0.25, 0.3) is 11.5 Å². The Bertz CT molecular complexity index is 1350. The number of thioether (sulfide) groups is 1. The number of thiophene rings is 1. The van der Waals surface area contributed by atoms with Crippen molar-refractivity contribution < 1.29 is 18.0 Å². The van der Waals surface area contributed by atoms with Gasteiger partial charge in [0.15, 0.2) is 0 Å². The lowest BCUT2D eigenvalue weighted by atomic mass is 10.0. The van der Waals surface area contributed by atoms with E-state index in [4.69, 9.17) is 0 Å². The van der Waals surface area contributed by atoms with Crippen LogP contribution in [0.15, 0.2) is 33.9 Å². The summed E-state index contributed by atoms with van der Waals surface area (Å²) in [6.45, 7) is 4.05. The van der Waals surface area contributed by atoms with E-state index in [2.05, 4.69) is 0 Å². The normalized spacial score (nSPS) is 14.6. The molecule has 11 heteroatoms. The van der Waals surface area contributed by atoms with Crippen LogP contribution in [0.25, 0.3) is 10.2 Å². The zero-order chi connectivity index (χ0) is 24.1. The fourth-order valence-electron chi connectivity index (χ4n) is 4.00. The SMILES string of the molecule is CC(C)n1c(=O)n(C)c(=O)c2c(C(=O)N3CCSC3)c(Cc3ccccc3C(F)(F)F)sc21. The predicted octanol–water partition coefficient (Wildman–Crippen LogP) is 4.10. The molecule has 33 heavy (non-hydrogen) atoms. The van der Waals surface area contributed by atoms with E-state index in [0.29, 0.717) is 22.1 Å². The van der Waals surface area contributed by atoms with Crippen LogP contribution in [-0.4, -0.2) is 38.1 Å². The Balaban J connectivity index is 2.02. The molecule has 0 N–H and O–H groups in total. The molecule has 0 atom stereocenters. The van der Waals surface area contributed by atoms with Gasteiger partial charge in [-0.1, -0.05) is 18.2 Å². The highest BCUT2D eigenvalue weighted by atomic mass is 32.2. The number of alkyl halides is 3. The van der Waals surface area contributed by atoms with Gasteiger partial charge in [0.1, 0.15) is 4.83 Å². The van der Waals surface area contributed by atoms with Crippen molar-refractivity contribution in [2.45, 2.75) is 32.5 Å². The van der Waals surface area contributed by atoms with Gasteiger partial charge in [-0.2, -0.15) is 13.2 Å². The molecule has 1 aromatic carbocycles. The number of fused-ring (bicyclic) bond motifs is 1. The molecular formula is C22H22F3N3O3S2. The fourth-order valence-corrected chi connectivity index (χ4v) is 6.38. The molecule has 0 saturated carbocycles. The van der Waals surface area contributed by atoms with E-state index in [0.717, 1.165) is 27.7 Å². The zero-order valence-corrected chi connectivity index (χ0v) is 19.9. The smallest absolute Gasteiger partial charge is 0.329 e. The summed E-state index contributed by atoms with van der Waals surface area (Å²) in [5.74, 6) is 0.796. The number of carbonyl (C=O) groups is 1. The number of rotatable bonds is 4. The van der Waals surface area contributed by atoms with Crippen molar-refractivity contribution in [2.24, 2.45) is 7.05 Å². The van der Waals surface area contributed by atoms with Gasteiger partial charge in [-0.3, -0.25) is 18.7 Å². The molecule has 2 aromatic heterocycles. The lowest BCUT2D eigenvalue weighted by Gasteiger charge is -2.17. The first-order valence-corrected chi connectivity index (χ1v) is 12.3. The van der Waals surface area contributed by atoms with Gasteiger partial charge in [0.2, 0.25) is 0 Å². The Labute approximate surface area is 195 Å². The second-order valence-corrected chi connectivity index (χ2v) is 10.3. The predicted molar refractivity (Wildman–Crippen MR) is 124 cm³/mol. The van der Waals surface area contributed by atoms with Gasteiger partial charge in [-0.05, 0) is 25.5 Å². The maximum atomic E-state index is 13.6. The Kier molecular flexibility index (Phi) is 6.21. The second kappa shape index (κ2) is 8.68. The van der Waals surface area contributed by atoms with Gasteiger partial charge in [-0.25, -0.2) is 4.79 Å². The summed E-state index contributed by atoms with van der Waals surface area (Å²) in [5.41, 5.74) is -1.82. The quantitative estimate of drug-likeness (QED) is 0.545. The maximum absolute atomic E-state index is 13.6. The Morgan fingerprint density at radius 3 is 2.48 bits per heavy atom. The van der Waals surface area contributed by atoms with Crippen LogP contribution in [-0.2, 0) is 19.6 Å². The van der Waals surface area contributed by atoms with Gasteiger partial charge >= 0.3 is 11.9 Å². The van der Waals surface area contributed by atoms with Gasteiger partial charge in [0, 0.05) is 36.7 Å². The average Bonchev–Trinajstić information content (AvgIpc) is 3.40. The summed E-state index contributed by atoms with van der Waals surface area (Å²) in [7, 11) is 1.35. The Morgan fingerprint density at radius 1 is 1.18 bits per heavy atom. The first-order chi connectivity index (χ1) is 15.5. The van der Waals surface area contributed by atoms with Crippen LogP contribution >= 0.6 is 23.1 Å². The number of halogens is 3. The molecule has 1 saturated heterocycles. The molecule has 1 aliphatic rings. The van der Waals surface area contributed by atoms with Crippen LogP contribution in [0.2, 0.25) is 0 Å². The summed E-state index contributed by atoms with van der Waals surface area (Å²) >= 11 is 2.61. The van der Waals surface area contributed by atoms with Gasteiger partial charge < -0.3 is 4.90 Å². The summed E-state index contributed by atoms with van der Waals surface area (Å²) in [6.07, 6.45) is -4.73. The van der Waals surface area contributed by atoms with Crippen LogP contribution in [0.1, 0.15) is 46.3 Å². The minimum atomic E-state index is -4.56. The molecule has 0 unspecified atom stereocenters. The minimum absolute atomic E-state index is 0.0108. The molecule has 1 fully saturated rings. The molecule has 0 radical (unpaired) electrons. The van der Waals surface area contributed by atoms with E-state index in [1.165, 1.54) is 29.8 Å². The van der Waals surface area contributed by atoms with Crippen molar-refractivity contribution in [3.05, 3.63) is 66.7 Å². The van der Waals surface area contributed by atoms with Crippen molar-refractivity contribution in [3.63, 3.8) is 0 Å². The van der Waals surface area contributed by atoms with Crippen LogP contribution in [0.4, 0.5) is 13.2 Å². The van der Waals surface area contributed by atoms with Crippen molar-refractivity contribution >= 4 is 39.2 Å². The molecule has 0 aliphatic carbocycles. The number of hydrogen-bond donors (Lipinski definition) is 0. The lowest BCUT2D eigenvalue weighted by molar-refractivity contribution is -0.138. The van der Waals surface area contributed by atoms with Crippen molar-refractivity contribution in [1.29, 1.82) is 0 Å². The van der Waals surface area contributed by atoms with E-state index in [-0.39, 0.29) is 29.0 Å². The average molecular weight is 498 g/mol. The summed E-state index contributed by atoms with van der Waals surface area (Å²) in [4.78, 5) is 41.7. The van der Waals surface area contributed by atoms with E-state index >= 15 is 0 Å². The molecule has 3 aromatic rings. The third kappa shape index (κ3) is 4.12. The standard InChI is InChI=1S/C22H22F3N3O3S2/c1-12(2)28-20-17(18(29)26(3)21(28)31)16(19(30)27-8-9-32-11-27)15(33-20)10-13-6-4-5-7-14(13)22(23,24)25/h4-7,12H,8-11H2,1-3H3. The summed E-state index contributed by atoms with van der Waals surface area (Å²) in [5, 5.41) is 0.0946. The fraction of sp³-hybridized carbons (Fsp3) is 0.409. The molecule has 3 heterocycles. The Morgan fingerprint density at radius 2 is 1.88 bits per heavy atom. The van der Waals surface area contributed by atoms with Crippen LogP contribution in [0.3, 0.4) is 0 Å². The first-order valence-electron chi connectivity index (χ1n) is 10.3. The molecule has 176 valence electrons. The maximum Gasteiger partial charge on any atom is 0.416 e. The van der Waals surface area contributed by atoms with E-state index < -0.39 is 28.9 Å².